The maximum Gasteiger partial charge on any atom is 0.244 e. The molecule has 0 unspecified atom stereocenters. The minimum atomic E-state index is 0.826. The molecule has 0 radical (unpaired) electrons. The van der Waals surface area contributed by atoms with Gasteiger partial charge in [-0.2, -0.15) is 10.1 Å². The summed E-state index contributed by atoms with van der Waals surface area (Å²) in [5, 5.41) is 13.9. The summed E-state index contributed by atoms with van der Waals surface area (Å²) in [6.07, 6.45) is 4.91. The van der Waals surface area contributed by atoms with E-state index in [2.05, 4.69) is 35.2 Å². The lowest BCUT2D eigenvalue weighted by Gasteiger charge is -2.33. The molecule has 0 saturated carbocycles. The number of anilines is 1. The van der Waals surface area contributed by atoms with Crippen LogP contribution in [0, 0.1) is 6.92 Å². The Morgan fingerprint density at radius 2 is 2.11 bits per heavy atom. The molecule has 2 aromatic heterocycles. The third-order valence-corrected chi connectivity index (χ3v) is 3.51. The Hall–Kier alpha value is -1.89. The highest BCUT2D eigenvalue weighted by atomic mass is 15.4. The average molecular weight is 261 g/mol. The van der Waals surface area contributed by atoms with E-state index in [1.54, 1.807) is 0 Å². The highest BCUT2D eigenvalue weighted by molar-refractivity contribution is 5.29. The number of nitrogens with zero attached hydrogens (tertiary/aromatic N) is 5. The van der Waals surface area contributed by atoms with Crippen LogP contribution in [-0.2, 0) is 6.42 Å². The first-order valence-electron chi connectivity index (χ1n) is 6.65. The lowest BCUT2D eigenvalue weighted by Crippen LogP contribution is -2.47. The summed E-state index contributed by atoms with van der Waals surface area (Å²) in [7, 11) is 0. The second-order valence-corrected chi connectivity index (χ2v) is 4.91. The molecule has 2 N–H and O–H groups in total. The Labute approximate surface area is 112 Å². The summed E-state index contributed by atoms with van der Waals surface area (Å²) < 4.78 is 0. The number of aromatic amines is 2. The molecular weight excluding hydrogens is 242 g/mol. The first-order chi connectivity index (χ1) is 9.31. The summed E-state index contributed by atoms with van der Waals surface area (Å²) in [4.78, 5) is 9.08. The van der Waals surface area contributed by atoms with Gasteiger partial charge in [0, 0.05) is 38.9 Å². The molecule has 0 aliphatic carbocycles. The van der Waals surface area contributed by atoms with Gasteiger partial charge in [0.15, 0.2) is 0 Å². The van der Waals surface area contributed by atoms with Crippen LogP contribution in [0.15, 0.2) is 12.4 Å². The monoisotopic (exact) mass is 261 g/mol. The summed E-state index contributed by atoms with van der Waals surface area (Å²) in [6, 6.07) is 0. The fourth-order valence-corrected chi connectivity index (χ4v) is 2.35. The number of piperazine rings is 1. The van der Waals surface area contributed by atoms with Crippen molar-refractivity contribution in [1.82, 2.24) is 30.3 Å². The van der Waals surface area contributed by atoms with E-state index in [9.17, 15) is 0 Å². The smallest absolute Gasteiger partial charge is 0.244 e. The van der Waals surface area contributed by atoms with Crippen LogP contribution >= 0.6 is 0 Å². The van der Waals surface area contributed by atoms with Crippen LogP contribution < -0.4 is 4.90 Å². The second-order valence-electron chi connectivity index (χ2n) is 4.91. The van der Waals surface area contributed by atoms with E-state index < -0.39 is 0 Å². The van der Waals surface area contributed by atoms with Crippen molar-refractivity contribution in [2.24, 2.45) is 0 Å². The van der Waals surface area contributed by atoms with Crippen LogP contribution in [0.1, 0.15) is 11.4 Å². The standard InChI is InChI=1S/C12H19N7/c1-10-15-12(17-16-10)19-6-4-18(5-7-19)3-2-11-8-13-14-9-11/h8-9H,2-7H2,1H3,(H,13,14)(H,15,16,17). The molecule has 7 nitrogen and oxygen atoms in total. The van der Waals surface area contributed by atoms with Crippen LogP contribution in [0.5, 0.6) is 0 Å². The fraction of sp³-hybridized carbons (Fsp3) is 0.583. The van der Waals surface area contributed by atoms with Gasteiger partial charge in [-0.1, -0.05) is 0 Å². The van der Waals surface area contributed by atoms with Crippen molar-refractivity contribution in [2.45, 2.75) is 13.3 Å². The molecule has 7 heteroatoms. The zero-order chi connectivity index (χ0) is 13.1. The molecule has 0 atom stereocenters. The van der Waals surface area contributed by atoms with Gasteiger partial charge >= 0.3 is 0 Å². The van der Waals surface area contributed by atoms with E-state index in [-0.39, 0.29) is 0 Å². The number of hydrogen-bond acceptors (Lipinski definition) is 5. The van der Waals surface area contributed by atoms with Crippen LogP contribution in [-0.4, -0.2) is 63.0 Å². The number of aryl methyl sites for hydroxylation is 1. The van der Waals surface area contributed by atoms with Crippen LogP contribution in [0.3, 0.4) is 0 Å². The summed E-state index contributed by atoms with van der Waals surface area (Å²) >= 11 is 0. The van der Waals surface area contributed by atoms with Gasteiger partial charge in [0.05, 0.1) is 6.20 Å². The average Bonchev–Trinajstić information content (AvgIpc) is 3.08. The third-order valence-electron chi connectivity index (χ3n) is 3.51. The minimum Gasteiger partial charge on any atom is -0.337 e. The number of H-pyrrole nitrogens is 2. The van der Waals surface area contributed by atoms with Crippen LogP contribution in [0.25, 0.3) is 0 Å². The molecule has 3 rings (SSSR count). The molecule has 1 saturated heterocycles. The molecule has 1 aliphatic rings. The first-order valence-corrected chi connectivity index (χ1v) is 6.65. The third kappa shape index (κ3) is 2.93. The maximum absolute atomic E-state index is 4.37. The first kappa shape index (κ1) is 12.2. The number of rotatable bonds is 4. The van der Waals surface area contributed by atoms with Gasteiger partial charge in [-0.05, 0) is 18.9 Å². The van der Waals surface area contributed by atoms with Crippen molar-refractivity contribution in [2.75, 3.05) is 37.6 Å². The Morgan fingerprint density at radius 3 is 2.74 bits per heavy atom. The molecule has 0 aromatic carbocycles. The predicted molar refractivity (Wildman–Crippen MR) is 72.1 cm³/mol. The Balaban J connectivity index is 1.47. The predicted octanol–water partition coefficient (Wildman–Crippen LogP) is 0.201. The van der Waals surface area contributed by atoms with E-state index in [0.29, 0.717) is 0 Å². The second kappa shape index (κ2) is 5.40. The molecule has 0 spiro atoms. The topological polar surface area (TPSA) is 76.7 Å². The highest BCUT2D eigenvalue weighted by Gasteiger charge is 2.19. The Kier molecular flexibility index (Phi) is 3.45. The van der Waals surface area contributed by atoms with Gasteiger partial charge in [-0.25, -0.2) is 0 Å². The van der Waals surface area contributed by atoms with Gasteiger partial charge < -0.3 is 4.90 Å². The molecule has 1 aliphatic heterocycles. The zero-order valence-electron chi connectivity index (χ0n) is 11.1. The van der Waals surface area contributed by atoms with Crippen molar-refractivity contribution < 1.29 is 0 Å². The number of hydrogen-bond donors (Lipinski definition) is 2. The molecule has 0 amide bonds. The fourth-order valence-electron chi connectivity index (χ4n) is 2.35. The molecular formula is C12H19N7. The Bertz CT molecular complexity index is 496. The number of aromatic nitrogens is 5. The van der Waals surface area contributed by atoms with Gasteiger partial charge in [-0.3, -0.25) is 15.1 Å². The summed E-state index contributed by atoms with van der Waals surface area (Å²) in [6.45, 7) is 7.11. The largest absolute Gasteiger partial charge is 0.337 e. The lowest BCUT2D eigenvalue weighted by atomic mass is 10.2. The molecule has 2 aromatic rings. The van der Waals surface area contributed by atoms with Gasteiger partial charge in [0.25, 0.3) is 0 Å². The van der Waals surface area contributed by atoms with Crippen LogP contribution in [0.2, 0.25) is 0 Å². The number of nitrogens with one attached hydrogen (secondary N) is 2. The normalized spacial score (nSPS) is 17.0. The summed E-state index contributed by atoms with van der Waals surface area (Å²) in [5.74, 6) is 1.70. The van der Waals surface area contributed by atoms with Crippen molar-refractivity contribution >= 4 is 5.95 Å². The minimum absolute atomic E-state index is 0.826. The maximum atomic E-state index is 4.37. The van der Waals surface area contributed by atoms with E-state index in [1.807, 2.05) is 19.3 Å². The Morgan fingerprint density at radius 1 is 1.26 bits per heavy atom. The highest BCUT2D eigenvalue weighted by Crippen LogP contribution is 2.11. The quantitative estimate of drug-likeness (QED) is 0.822. The SMILES string of the molecule is Cc1nc(N2CCN(CCc3cn[nH]c3)CC2)n[nH]1. The molecule has 102 valence electrons. The van der Waals surface area contributed by atoms with Crippen LogP contribution in [0.4, 0.5) is 5.95 Å². The molecule has 19 heavy (non-hydrogen) atoms. The van der Waals surface area contributed by atoms with E-state index in [1.165, 1.54) is 5.56 Å². The van der Waals surface area contributed by atoms with Crippen molar-refractivity contribution in [3.05, 3.63) is 23.8 Å². The molecule has 0 bridgehead atoms. The van der Waals surface area contributed by atoms with Gasteiger partial charge in [0.2, 0.25) is 5.95 Å². The van der Waals surface area contributed by atoms with E-state index in [4.69, 9.17) is 0 Å². The van der Waals surface area contributed by atoms with Crippen molar-refractivity contribution in [3.8, 4) is 0 Å². The zero-order valence-corrected chi connectivity index (χ0v) is 11.1. The lowest BCUT2D eigenvalue weighted by molar-refractivity contribution is 0.260. The van der Waals surface area contributed by atoms with Gasteiger partial charge in [-0.15, -0.1) is 5.10 Å². The van der Waals surface area contributed by atoms with Crippen molar-refractivity contribution in [3.63, 3.8) is 0 Å². The summed E-state index contributed by atoms with van der Waals surface area (Å²) in [5.41, 5.74) is 1.27. The van der Waals surface area contributed by atoms with Crippen molar-refractivity contribution in [1.29, 1.82) is 0 Å². The van der Waals surface area contributed by atoms with E-state index >= 15 is 0 Å². The van der Waals surface area contributed by atoms with Gasteiger partial charge in [0.1, 0.15) is 5.82 Å². The van der Waals surface area contributed by atoms with E-state index in [0.717, 1.165) is 50.9 Å². The molecule has 1 fully saturated rings. The molecule has 3 heterocycles.